The lowest BCUT2D eigenvalue weighted by Gasteiger charge is -2.26. The molecule has 0 spiro atoms. The van der Waals surface area contributed by atoms with Crippen LogP contribution in [0.1, 0.15) is 0 Å². The minimum absolute atomic E-state index is 0.884. The molecule has 0 unspecified atom stereocenters. The molecule has 47 heavy (non-hydrogen) atoms. The first-order valence-electron chi connectivity index (χ1n) is 15.9. The number of benzene rings is 8. The zero-order valence-corrected chi connectivity index (χ0v) is 25.4. The number of rotatable bonds is 4. The number of hydrogen-bond donors (Lipinski definition) is 0. The summed E-state index contributed by atoms with van der Waals surface area (Å²) in [5, 5.41) is 9.26. The van der Waals surface area contributed by atoms with Crippen LogP contribution in [0.5, 0.6) is 0 Å². The van der Waals surface area contributed by atoms with Crippen molar-refractivity contribution in [2.75, 3.05) is 4.90 Å². The summed E-state index contributed by atoms with van der Waals surface area (Å²) in [4.78, 5) is 2.35. The molecule has 0 saturated carbocycles. The van der Waals surface area contributed by atoms with Crippen LogP contribution in [0.3, 0.4) is 0 Å². The van der Waals surface area contributed by atoms with E-state index in [0.29, 0.717) is 0 Å². The maximum absolute atomic E-state index is 6.23. The average molecular weight is 602 g/mol. The molecule has 0 N–H and O–H groups in total. The third-order valence-electron chi connectivity index (χ3n) is 9.43. The van der Waals surface area contributed by atoms with Gasteiger partial charge in [0.05, 0.1) is 0 Å². The maximum Gasteiger partial charge on any atom is 0.136 e. The van der Waals surface area contributed by atoms with Crippen molar-refractivity contribution in [3.8, 4) is 11.1 Å². The molecular formula is C44H27NO2. The first-order chi connectivity index (χ1) is 23.3. The number of fused-ring (bicyclic) bond motifs is 9. The standard InChI is InChI=1S/C44H27NO2/c1-2-8-28(9-3-1)29-16-19-32(20-17-29)45(34-22-23-43-39(26-34)35-10-4-6-12-41(35)46-43)33-21-18-30-14-15-31-24-44-40(27-38(31)37(30)25-33)36-11-5-7-13-42(36)47-44/h1-27H. The number of nitrogens with zero attached hydrogens (tertiary/aromatic N) is 1. The fraction of sp³-hybridized carbons (Fsp3) is 0. The van der Waals surface area contributed by atoms with Gasteiger partial charge in [-0.1, -0.05) is 97.1 Å². The third-order valence-corrected chi connectivity index (χ3v) is 9.43. The van der Waals surface area contributed by atoms with Gasteiger partial charge >= 0.3 is 0 Å². The summed E-state index contributed by atoms with van der Waals surface area (Å²) in [6.45, 7) is 0. The second kappa shape index (κ2) is 10.1. The summed E-state index contributed by atoms with van der Waals surface area (Å²) in [5.41, 5.74) is 9.23. The van der Waals surface area contributed by atoms with Gasteiger partial charge < -0.3 is 13.7 Å². The molecule has 0 saturated heterocycles. The molecule has 0 amide bonds. The van der Waals surface area contributed by atoms with Crippen LogP contribution >= 0.6 is 0 Å². The average Bonchev–Trinajstić information content (AvgIpc) is 3.69. The summed E-state index contributed by atoms with van der Waals surface area (Å²) in [7, 11) is 0. The molecule has 0 bridgehead atoms. The molecule has 2 aromatic heterocycles. The molecule has 3 heteroatoms. The highest BCUT2D eigenvalue weighted by molar-refractivity contribution is 6.17. The van der Waals surface area contributed by atoms with Crippen LogP contribution in [0, 0.1) is 0 Å². The van der Waals surface area contributed by atoms with Gasteiger partial charge in [0.2, 0.25) is 0 Å². The zero-order chi connectivity index (χ0) is 30.9. The van der Waals surface area contributed by atoms with Crippen molar-refractivity contribution in [2.24, 2.45) is 0 Å². The Kier molecular flexibility index (Phi) is 5.57. The highest BCUT2D eigenvalue weighted by Gasteiger charge is 2.17. The minimum atomic E-state index is 0.884. The van der Waals surface area contributed by atoms with Crippen molar-refractivity contribution in [1.29, 1.82) is 0 Å². The van der Waals surface area contributed by atoms with Gasteiger partial charge in [0.1, 0.15) is 22.3 Å². The van der Waals surface area contributed by atoms with Crippen molar-refractivity contribution < 1.29 is 8.83 Å². The SMILES string of the molecule is c1ccc(-c2ccc(N(c3ccc4ccc5cc6oc7ccccc7c6cc5c4c3)c3ccc4oc5ccccc5c4c3)cc2)cc1. The molecule has 220 valence electrons. The second-order valence-corrected chi connectivity index (χ2v) is 12.2. The Bertz CT molecular complexity index is 2790. The lowest BCUT2D eigenvalue weighted by molar-refractivity contribution is 0.668. The number of para-hydroxylation sites is 2. The van der Waals surface area contributed by atoms with Crippen LogP contribution in [0.15, 0.2) is 173 Å². The Morgan fingerprint density at radius 3 is 1.57 bits per heavy atom. The zero-order valence-electron chi connectivity index (χ0n) is 25.4. The van der Waals surface area contributed by atoms with E-state index in [1.54, 1.807) is 0 Å². The molecule has 0 radical (unpaired) electrons. The van der Waals surface area contributed by atoms with Gasteiger partial charge in [-0.05, 0) is 99.4 Å². The Morgan fingerprint density at radius 1 is 0.298 bits per heavy atom. The van der Waals surface area contributed by atoms with Crippen LogP contribution in [-0.2, 0) is 0 Å². The van der Waals surface area contributed by atoms with Gasteiger partial charge in [0.25, 0.3) is 0 Å². The van der Waals surface area contributed by atoms with Crippen LogP contribution in [0.25, 0.3) is 76.5 Å². The molecule has 10 aromatic rings. The lowest BCUT2D eigenvalue weighted by atomic mass is 9.98. The molecular weight excluding hydrogens is 574 g/mol. The van der Waals surface area contributed by atoms with E-state index in [1.165, 1.54) is 27.3 Å². The van der Waals surface area contributed by atoms with E-state index in [1.807, 2.05) is 24.3 Å². The Balaban J connectivity index is 1.20. The van der Waals surface area contributed by atoms with Gasteiger partial charge in [-0.2, -0.15) is 0 Å². The predicted molar refractivity (Wildman–Crippen MR) is 196 cm³/mol. The van der Waals surface area contributed by atoms with Crippen molar-refractivity contribution in [3.05, 3.63) is 164 Å². The van der Waals surface area contributed by atoms with E-state index in [0.717, 1.165) is 66.3 Å². The van der Waals surface area contributed by atoms with Crippen molar-refractivity contribution in [2.45, 2.75) is 0 Å². The van der Waals surface area contributed by atoms with Crippen molar-refractivity contribution in [3.63, 3.8) is 0 Å². The van der Waals surface area contributed by atoms with Gasteiger partial charge in [-0.3, -0.25) is 0 Å². The van der Waals surface area contributed by atoms with Gasteiger partial charge in [0.15, 0.2) is 0 Å². The number of furan rings is 2. The van der Waals surface area contributed by atoms with E-state index in [2.05, 4.69) is 144 Å². The van der Waals surface area contributed by atoms with Crippen LogP contribution in [0.4, 0.5) is 17.1 Å². The predicted octanol–water partition coefficient (Wildman–Crippen LogP) is 12.9. The van der Waals surface area contributed by atoms with Gasteiger partial charge in [-0.25, -0.2) is 0 Å². The molecule has 8 aromatic carbocycles. The fourth-order valence-electron chi connectivity index (χ4n) is 7.13. The lowest BCUT2D eigenvalue weighted by Crippen LogP contribution is -2.09. The highest BCUT2D eigenvalue weighted by Crippen LogP contribution is 2.42. The van der Waals surface area contributed by atoms with E-state index in [-0.39, 0.29) is 0 Å². The summed E-state index contributed by atoms with van der Waals surface area (Å²) in [5.74, 6) is 0. The molecule has 2 heterocycles. The highest BCUT2D eigenvalue weighted by atomic mass is 16.3. The third kappa shape index (κ3) is 4.14. The Labute approximate surface area is 270 Å². The van der Waals surface area contributed by atoms with E-state index < -0.39 is 0 Å². The first-order valence-corrected chi connectivity index (χ1v) is 15.9. The normalized spacial score (nSPS) is 11.8. The van der Waals surface area contributed by atoms with Crippen LogP contribution < -0.4 is 4.90 Å². The molecule has 10 rings (SSSR count). The Morgan fingerprint density at radius 2 is 0.809 bits per heavy atom. The summed E-state index contributed by atoms with van der Waals surface area (Å²) < 4.78 is 12.4. The second-order valence-electron chi connectivity index (χ2n) is 12.2. The summed E-state index contributed by atoms with van der Waals surface area (Å²) >= 11 is 0. The monoisotopic (exact) mass is 601 g/mol. The van der Waals surface area contributed by atoms with Crippen molar-refractivity contribution in [1.82, 2.24) is 0 Å². The summed E-state index contributed by atoms with van der Waals surface area (Å²) in [6.07, 6.45) is 0. The molecule has 0 fully saturated rings. The number of anilines is 3. The quantitative estimate of drug-likeness (QED) is 0.188. The number of hydrogen-bond acceptors (Lipinski definition) is 3. The van der Waals surface area contributed by atoms with E-state index >= 15 is 0 Å². The summed E-state index contributed by atoms with van der Waals surface area (Å²) in [6, 6.07) is 58.1. The smallest absolute Gasteiger partial charge is 0.136 e. The van der Waals surface area contributed by atoms with Crippen LogP contribution in [0.2, 0.25) is 0 Å². The topological polar surface area (TPSA) is 29.5 Å². The van der Waals surface area contributed by atoms with E-state index in [9.17, 15) is 0 Å². The van der Waals surface area contributed by atoms with Gasteiger partial charge in [0, 0.05) is 38.6 Å². The molecule has 0 atom stereocenters. The van der Waals surface area contributed by atoms with Crippen molar-refractivity contribution >= 4 is 82.5 Å². The largest absolute Gasteiger partial charge is 0.456 e. The molecule has 0 aliphatic rings. The minimum Gasteiger partial charge on any atom is -0.456 e. The Hall–Kier alpha value is -6.32. The van der Waals surface area contributed by atoms with Crippen LogP contribution in [-0.4, -0.2) is 0 Å². The first kappa shape index (κ1) is 26.0. The fourth-order valence-corrected chi connectivity index (χ4v) is 7.13. The molecule has 3 nitrogen and oxygen atoms in total. The van der Waals surface area contributed by atoms with Gasteiger partial charge in [-0.15, -0.1) is 0 Å². The molecule has 0 aliphatic carbocycles. The maximum atomic E-state index is 6.23. The molecule has 0 aliphatic heterocycles. The van der Waals surface area contributed by atoms with E-state index in [4.69, 9.17) is 8.83 Å².